The molecular formula is C13H17NO. The number of nitrogens with zero attached hydrogens (tertiary/aromatic N) is 1. The second-order valence-electron chi connectivity index (χ2n) is 3.84. The summed E-state index contributed by atoms with van der Waals surface area (Å²) in [7, 11) is 0. The highest BCUT2D eigenvalue weighted by Gasteiger charge is 2.07. The van der Waals surface area contributed by atoms with Crippen LogP contribution in [0.4, 0.5) is 0 Å². The maximum Gasteiger partial charge on any atom is 0.115 e. The first kappa shape index (κ1) is 11.6. The third kappa shape index (κ3) is 4.03. The van der Waals surface area contributed by atoms with E-state index in [2.05, 4.69) is 13.0 Å². The average Bonchev–Trinajstić information content (AvgIpc) is 2.27. The summed E-state index contributed by atoms with van der Waals surface area (Å²) in [5.74, 6) is 0.385. The van der Waals surface area contributed by atoms with E-state index in [1.165, 1.54) is 0 Å². The van der Waals surface area contributed by atoms with Crippen LogP contribution in [0, 0.1) is 17.2 Å². The van der Waals surface area contributed by atoms with Gasteiger partial charge in [-0.25, -0.2) is 0 Å². The Morgan fingerprint density at radius 2 is 2.00 bits per heavy atom. The van der Waals surface area contributed by atoms with E-state index in [0.29, 0.717) is 0 Å². The molecule has 0 aliphatic heterocycles. The number of hydrogen-bond acceptors (Lipinski definition) is 2. The summed E-state index contributed by atoms with van der Waals surface area (Å²) in [6, 6.07) is 9.44. The van der Waals surface area contributed by atoms with Crippen LogP contribution in [0.25, 0.3) is 0 Å². The van der Waals surface area contributed by atoms with E-state index < -0.39 is 0 Å². The Hall–Kier alpha value is -1.49. The molecule has 0 saturated heterocycles. The van der Waals surface area contributed by atoms with Crippen LogP contribution >= 0.6 is 0 Å². The van der Waals surface area contributed by atoms with Crippen molar-refractivity contribution in [3.63, 3.8) is 0 Å². The van der Waals surface area contributed by atoms with Crippen molar-refractivity contribution in [1.82, 2.24) is 0 Å². The van der Waals surface area contributed by atoms with Crippen molar-refractivity contribution >= 4 is 0 Å². The molecule has 1 atom stereocenters. The molecule has 80 valence electrons. The van der Waals surface area contributed by atoms with Crippen LogP contribution in [-0.2, 0) is 6.42 Å². The molecule has 0 aliphatic rings. The number of benzene rings is 1. The summed E-state index contributed by atoms with van der Waals surface area (Å²) in [6.07, 6.45) is 3.99. The summed E-state index contributed by atoms with van der Waals surface area (Å²) in [5, 5.41) is 18.1. The topological polar surface area (TPSA) is 44.0 Å². The summed E-state index contributed by atoms with van der Waals surface area (Å²) >= 11 is 0. The SMILES string of the molecule is CCCCC(C#N)Cc1ccc(O)cc1. The lowest BCUT2D eigenvalue weighted by Gasteiger charge is -2.08. The van der Waals surface area contributed by atoms with Crippen LogP contribution in [0.15, 0.2) is 24.3 Å². The molecule has 0 aromatic heterocycles. The maximum atomic E-state index is 9.12. The predicted octanol–water partition coefficient (Wildman–Crippen LogP) is 3.26. The van der Waals surface area contributed by atoms with Crippen molar-refractivity contribution < 1.29 is 5.11 Å². The van der Waals surface area contributed by atoms with E-state index in [-0.39, 0.29) is 11.7 Å². The van der Waals surface area contributed by atoms with Gasteiger partial charge in [0, 0.05) is 0 Å². The molecule has 0 amide bonds. The molecule has 15 heavy (non-hydrogen) atoms. The van der Waals surface area contributed by atoms with Crippen molar-refractivity contribution in [3.8, 4) is 11.8 Å². The number of unbranched alkanes of at least 4 members (excludes halogenated alkanes) is 1. The molecule has 1 aromatic rings. The number of aromatic hydroxyl groups is 1. The molecule has 2 nitrogen and oxygen atoms in total. The molecule has 0 aliphatic carbocycles. The first-order valence-corrected chi connectivity index (χ1v) is 5.43. The minimum absolute atomic E-state index is 0.106. The maximum absolute atomic E-state index is 9.12. The minimum Gasteiger partial charge on any atom is -0.508 e. The van der Waals surface area contributed by atoms with Crippen LogP contribution in [0.5, 0.6) is 5.75 Å². The molecule has 1 N–H and O–H groups in total. The largest absolute Gasteiger partial charge is 0.508 e. The normalized spacial score (nSPS) is 12.0. The minimum atomic E-state index is 0.106. The second kappa shape index (κ2) is 6.08. The number of nitriles is 1. The number of phenols is 1. The first-order valence-electron chi connectivity index (χ1n) is 5.43. The molecule has 1 unspecified atom stereocenters. The highest BCUT2D eigenvalue weighted by Crippen LogP contribution is 2.16. The molecule has 2 heteroatoms. The number of phenolic OH excluding ortho intramolecular Hbond substituents is 1. The lowest BCUT2D eigenvalue weighted by atomic mass is 9.95. The third-order valence-corrected chi connectivity index (χ3v) is 2.51. The van der Waals surface area contributed by atoms with Gasteiger partial charge < -0.3 is 5.11 Å². The quantitative estimate of drug-likeness (QED) is 0.798. The van der Waals surface area contributed by atoms with E-state index in [9.17, 15) is 0 Å². The lowest BCUT2D eigenvalue weighted by molar-refractivity contribution is 0.474. The second-order valence-corrected chi connectivity index (χ2v) is 3.84. The standard InChI is InChI=1S/C13H17NO/c1-2-3-4-12(10-14)9-11-5-7-13(15)8-6-11/h5-8,12,15H,2-4,9H2,1H3. The van der Waals surface area contributed by atoms with Gasteiger partial charge in [0.1, 0.15) is 5.75 Å². The molecule has 0 saturated carbocycles. The highest BCUT2D eigenvalue weighted by molar-refractivity contribution is 5.26. The monoisotopic (exact) mass is 203 g/mol. The van der Waals surface area contributed by atoms with Crippen molar-refractivity contribution in [1.29, 1.82) is 5.26 Å². The zero-order chi connectivity index (χ0) is 11.1. The van der Waals surface area contributed by atoms with Crippen LogP contribution in [0.3, 0.4) is 0 Å². The van der Waals surface area contributed by atoms with Gasteiger partial charge in [-0.15, -0.1) is 0 Å². The number of rotatable bonds is 5. The fraction of sp³-hybridized carbons (Fsp3) is 0.462. The molecular weight excluding hydrogens is 186 g/mol. The molecule has 0 radical (unpaired) electrons. The Bertz CT molecular complexity index is 323. The zero-order valence-corrected chi connectivity index (χ0v) is 9.11. The van der Waals surface area contributed by atoms with Crippen molar-refractivity contribution in [3.05, 3.63) is 29.8 Å². The van der Waals surface area contributed by atoms with E-state index in [4.69, 9.17) is 10.4 Å². The molecule has 1 aromatic carbocycles. The van der Waals surface area contributed by atoms with Gasteiger partial charge in [0.25, 0.3) is 0 Å². The predicted molar refractivity (Wildman–Crippen MR) is 60.4 cm³/mol. The van der Waals surface area contributed by atoms with Gasteiger partial charge in [0.05, 0.1) is 12.0 Å². The summed E-state index contributed by atoms with van der Waals surface area (Å²) in [5.41, 5.74) is 1.12. The fourth-order valence-corrected chi connectivity index (χ4v) is 1.58. The van der Waals surface area contributed by atoms with Gasteiger partial charge in [0.2, 0.25) is 0 Å². The summed E-state index contributed by atoms with van der Waals surface area (Å²) in [6.45, 7) is 2.13. The van der Waals surface area contributed by atoms with Crippen LogP contribution in [0.2, 0.25) is 0 Å². The van der Waals surface area contributed by atoms with E-state index in [0.717, 1.165) is 31.2 Å². The number of hydrogen-bond donors (Lipinski definition) is 1. The highest BCUT2D eigenvalue weighted by atomic mass is 16.3. The Morgan fingerprint density at radius 1 is 1.33 bits per heavy atom. The van der Waals surface area contributed by atoms with Crippen molar-refractivity contribution in [2.24, 2.45) is 5.92 Å². The van der Waals surface area contributed by atoms with Crippen LogP contribution in [-0.4, -0.2) is 5.11 Å². The summed E-state index contributed by atoms with van der Waals surface area (Å²) in [4.78, 5) is 0. The van der Waals surface area contributed by atoms with Crippen LogP contribution < -0.4 is 0 Å². The van der Waals surface area contributed by atoms with Gasteiger partial charge in [0.15, 0.2) is 0 Å². The van der Waals surface area contributed by atoms with E-state index >= 15 is 0 Å². The van der Waals surface area contributed by atoms with Gasteiger partial charge in [-0.2, -0.15) is 5.26 Å². The van der Waals surface area contributed by atoms with Gasteiger partial charge >= 0.3 is 0 Å². The van der Waals surface area contributed by atoms with Gasteiger partial charge in [-0.1, -0.05) is 31.9 Å². The molecule has 1 rings (SSSR count). The third-order valence-electron chi connectivity index (χ3n) is 2.51. The smallest absolute Gasteiger partial charge is 0.115 e. The van der Waals surface area contributed by atoms with Gasteiger partial charge in [-0.3, -0.25) is 0 Å². The molecule has 0 heterocycles. The average molecular weight is 203 g/mol. The first-order chi connectivity index (χ1) is 7.26. The van der Waals surface area contributed by atoms with Crippen molar-refractivity contribution in [2.45, 2.75) is 32.6 Å². The Balaban J connectivity index is 2.52. The molecule has 0 fully saturated rings. The Kier molecular flexibility index (Phi) is 4.70. The zero-order valence-electron chi connectivity index (χ0n) is 9.11. The van der Waals surface area contributed by atoms with E-state index in [1.54, 1.807) is 12.1 Å². The lowest BCUT2D eigenvalue weighted by Crippen LogP contribution is -2.01. The Morgan fingerprint density at radius 3 is 2.53 bits per heavy atom. The van der Waals surface area contributed by atoms with E-state index in [1.807, 2.05) is 12.1 Å². The molecule has 0 bridgehead atoms. The molecule has 0 spiro atoms. The fourth-order valence-electron chi connectivity index (χ4n) is 1.58. The van der Waals surface area contributed by atoms with Gasteiger partial charge in [-0.05, 0) is 30.5 Å². The summed E-state index contributed by atoms with van der Waals surface area (Å²) < 4.78 is 0. The Labute approximate surface area is 91.2 Å². The van der Waals surface area contributed by atoms with Crippen molar-refractivity contribution in [2.75, 3.05) is 0 Å². The van der Waals surface area contributed by atoms with Crippen LogP contribution in [0.1, 0.15) is 31.7 Å².